The minimum Gasteiger partial charge on any atom is -0.324 e. The quantitative estimate of drug-likeness (QED) is 0.852. The third-order valence-electron chi connectivity index (χ3n) is 4.06. The van der Waals surface area contributed by atoms with Crippen LogP contribution >= 0.6 is 0 Å². The molecule has 1 fully saturated rings. The number of carbonyl (C=O) groups excluding carboxylic acids is 1. The second-order valence-corrected chi connectivity index (χ2v) is 8.52. The van der Waals surface area contributed by atoms with Crippen LogP contribution in [0.15, 0.2) is 24.4 Å². The molecule has 0 spiro atoms. The van der Waals surface area contributed by atoms with Gasteiger partial charge in [-0.2, -0.15) is 5.10 Å². The average molecular weight is 363 g/mol. The maximum atomic E-state index is 12.1. The Morgan fingerprint density at radius 3 is 2.52 bits per heavy atom. The Morgan fingerprint density at radius 1 is 1.24 bits per heavy atom. The van der Waals surface area contributed by atoms with Gasteiger partial charge in [-0.1, -0.05) is 0 Å². The molecule has 3 rings (SSSR count). The van der Waals surface area contributed by atoms with Gasteiger partial charge < -0.3 is 5.32 Å². The summed E-state index contributed by atoms with van der Waals surface area (Å²) in [4.78, 5) is 18.3. The van der Waals surface area contributed by atoms with Gasteiger partial charge in [0.2, 0.25) is 5.91 Å². The van der Waals surface area contributed by atoms with Crippen LogP contribution in [0.5, 0.6) is 0 Å². The van der Waals surface area contributed by atoms with Crippen LogP contribution in [-0.2, 0) is 14.6 Å². The van der Waals surface area contributed by atoms with Crippen molar-refractivity contribution in [2.75, 3.05) is 36.5 Å². The molecule has 25 heavy (non-hydrogen) atoms. The monoisotopic (exact) mass is 363 g/mol. The lowest BCUT2D eigenvalue weighted by Gasteiger charge is -2.25. The number of hydrogen-bond donors (Lipinski definition) is 1. The molecule has 1 aliphatic heterocycles. The Kier molecular flexibility index (Phi) is 4.87. The number of amides is 1. The molecule has 134 valence electrons. The molecule has 0 atom stereocenters. The lowest BCUT2D eigenvalue weighted by atomic mass is 10.3. The van der Waals surface area contributed by atoms with E-state index in [1.807, 2.05) is 24.8 Å². The molecule has 0 bridgehead atoms. The van der Waals surface area contributed by atoms with Crippen LogP contribution < -0.4 is 5.32 Å². The average Bonchev–Trinajstić information content (AvgIpc) is 2.89. The number of nitrogens with zero attached hydrogens (tertiary/aromatic N) is 4. The predicted molar refractivity (Wildman–Crippen MR) is 94.6 cm³/mol. The van der Waals surface area contributed by atoms with Gasteiger partial charge in [-0.05, 0) is 32.0 Å². The van der Waals surface area contributed by atoms with E-state index in [1.165, 1.54) is 0 Å². The van der Waals surface area contributed by atoms with Gasteiger partial charge in [0.25, 0.3) is 0 Å². The number of carbonyl (C=O) groups is 1. The van der Waals surface area contributed by atoms with Gasteiger partial charge in [0.05, 0.1) is 35.6 Å². The molecule has 1 aliphatic rings. The van der Waals surface area contributed by atoms with Gasteiger partial charge in [0, 0.05) is 18.8 Å². The molecule has 3 heterocycles. The number of pyridine rings is 1. The van der Waals surface area contributed by atoms with Crippen LogP contribution in [0.3, 0.4) is 0 Å². The predicted octanol–water partition coefficient (Wildman–Crippen LogP) is 0.553. The Morgan fingerprint density at radius 2 is 1.96 bits per heavy atom. The fourth-order valence-corrected chi connectivity index (χ4v) is 4.03. The van der Waals surface area contributed by atoms with E-state index in [1.54, 1.807) is 23.0 Å². The molecule has 1 amide bonds. The third kappa shape index (κ3) is 4.43. The number of sulfone groups is 1. The first-order valence-electron chi connectivity index (χ1n) is 8.05. The van der Waals surface area contributed by atoms with E-state index < -0.39 is 9.84 Å². The number of rotatable bonds is 4. The highest BCUT2D eigenvalue weighted by Gasteiger charge is 2.22. The zero-order valence-electron chi connectivity index (χ0n) is 14.3. The van der Waals surface area contributed by atoms with E-state index in [4.69, 9.17) is 0 Å². The summed E-state index contributed by atoms with van der Waals surface area (Å²) in [5.41, 5.74) is 2.50. The van der Waals surface area contributed by atoms with Crippen molar-refractivity contribution in [3.05, 3.63) is 35.8 Å². The van der Waals surface area contributed by atoms with Crippen molar-refractivity contribution in [3.8, 4) is 5.82 Å². The van der Waals surface area contributed by atoms with Crippen LogP contribution in [0.1, 0.15) is 11.4 Å². The summed E-state index contributed by atoms with van der Waals surface area (Å²) in [6, 6.07) is 5.54. The molecule has 9 heteroatoms. The van der Waals surface area contributed by atoms with Crippen LogP contribution in [0.2, 0.25) is 0 Å². The normalized spacial score (nSPS) is 17.4. The third-order valence-corrected chi connectivity index (χ3v) is 5.67. The molecule has 0 radical (unpaired) electrons. The summed E-state index contributed by atoms with van der Waals surface area (Å²) in [5.74, 6) is 0.725. The summed E-state index contributed by atoms with van der Waals surface area (Å²) in [7, 11) is -2.93. The summed E-state index contributed by atoms with van der Waals surface area (Å²) in [6.07, 6.45) is 1.59. The van der Waals surface area contributed by atoms with Gasteiger partial charge in [0.1, 0.15) is 0 Å². The summed E-state index contributed by atoms with van der Waals surface area (Å²) < 4.78 is 24.6. The first-order valence-corrected chi connectivity index (χ1v) is 9.87. The Balaban J connectivity index is 1.58. The molecule has 0 aliphatic carbocycles. The SMILES string of the molecule is Cc1cc(C)n(-c2ccc(NC(=O)CN3CCS(=O)(=O)CC3)cn2)n1. The Labute approximate surface area is 146 Å². The highest BCUT2D eigenvalue weighted by atomic mass is 32.2. The molecule has 0 saturated carbocycles. The number of aromatic nitrogens is 3. The number of anilines is 1. The molecule has 8 nitrogen and oxygen atoms in total. The fourth-order valence-electron chi connectivity index (χ4n) is 2.76. The van der Waals surface area contributed by atoms with Crippen molar-refractivity contribution < 1.29 is 13.2 Å². The van der Waals surface area contributed by atoms with Crippen LogP contribution in [0, 0.1) is 13.8 Å². The molecule has 1 saturated heterocycles. The molecule has 2 aromatic rings. The van der Waals surface area contributed by atoms with E-state index >= 15 is 0 Å². The Bertz CT molecular complexity index is 860. The minimum absolute atomic E-state index is 0.110. The Hall–Kier alpha value is -2.26. The standard InChI is InChI=1S/C16H21N5O3S/c1-12-9-13(2)21(19-12)15-4-3-14(10-17-15)18-16(22)11-20-5-7-25(23,24)8-6-20/h3-4,9-10H,5-8,11H2,1-2H3,(H,18,22). The van der Waals surface area contributed by atoms with Crippen molar-refractivity contribution in [3.63, 3.8) is 0 Å². The zero-order valence-corrected chi connectivity index (χ0v) is 15.1. The lowest BCUT2D eigenvalue weighted by molar-refractivity contribution is -0.117. The van der Waals surface area contributed by atoms with Crippen molar-refractivity contribution in [1.82, 2.24) is 19.7 Å². The largest absolute Gasteiger partial charge is 0.324 e. The highest BCUT2D eigenvalue weighted by Crippen LogP contribution is 2.13. The van der Waals surface area contributed by atoms with Gasteiger partial charge in [-0.3, -0.25) is 9.69 Å². The van der Waals surface area contributed by atoms with Gasteiger partial charge in [-0.25, -0.2) is 18.1 Å². The number of hydrogen-bond acceptors (Lipinski definition) is 6. The molecule has 0 aromatic carbocycles. The number of nitrogens with one attached hydrogen (secondary N) is 1. The smallest absolute Gasteiger partial charge is 0.238 e. The summed E-state index contributed by atoms with van der Waals surface area (Å²) in [5, 5.41) is 7.16. The fraction of sp³-hybridized carbons (Fsp3) is 0.438. The van der Waals surface area contributed by atoms with Crippen molar-refractivity contribution in [2.24, 2.45) is 0 Å². The second kappa shape index (κ2) is 6.93. The van der Waals surface area contributed by atoms with E-state index in [0.717, 1.165) is 11.4 Å². The van der Waals surface area contributed by atoms with E-state index in [9.17, 15) is 13.2 Å². The molecule has 2 aromatic heterocycles. The van der Waals surface area contributed by atoms with Crippen molar-refractivity contribution in [1.29, 1.82) is 0 Å². The molecular formula is C16H21N5O3S. The van der Waals surface area contributed by atoms with E-state index in [2.05, 4.69) is 15.4 Å². The topological polar surface area (TPSA) is 97.2 Å². The zero-order chi connectivity index (χ0) is 18.0. The first-order chi connectivity index (χ1) is 11.8. The maximum absolute atomic E-state index is 12.1. The second-order valence-electron chi connectivity index (χ2n) is 6.22. The number of aryl methyl sites for hydroxylation is 2. The van der Waals surface area contributed by atoms with Crippen molar-refractivity contribution in [2.45, 2.75) is 13.8 Å². The maximum Gasteiger partial charge on any atom is 0.238 e. The summed E-state index contributed by atoms with van der Waals surface area (Å²) >= 11 is 0. The summed E-state index contributed by atoms with van der Waals surface area (Å²) in [6.45, 7) is 4.84. The van der Waals surface area contributed by atoms with Crippen LogP contribution in [-0.4, -0.2) is 65.1 Å². The lowest BCUT2D eigenvalue weighted by Crippen LogP contribution is -2.43. The molecule has 0 unspecified atom stereocenters. The van der Waals surface area contributed by atoms with Gasteiger partial charge >= 0.3 is 0 Å². The van der Waals surface area contributed by atoms with E-state index in [-0.39, 0.29) is 24.0 Å². The minimum atomic E-state index is -2.93. The van der Waals surface area contributed by atoms with Crippen LogP contribution in [0.4, 0.5) is 5.69 Å². The van der Waals surface area contributed by atoms with Gasteiger partial charge in [-0.15, -0.1) is 0 Å². The highest BCUT2D eigenvalue weighted by molar-refractivity contribution is 7.91. The van der Waals surface area contributed by atoms with Crippen molar-refractivity contribution >= 4 is 21.4 Å². The molecular weight excluding hydrogens is 342 g/mol. The van der Waals surface area contributed by atoms with Gasteiger partial charge in [0.15, 0.2) is 15.7 Å². The molecule has 1 N–H and O–H groups in total. The first kappa shape index (κ1) is 17.6. The van der Waals surface area contributed by atoms with Crippen LogP contribution in [0.25, 0.3) is 5.82 Å². The van der Waals surface area contributed by atoms with E-state index in [0.29, 0.717) is 24.6 Å².